The third kappa shape index (κ3) is 8.79. The van der Waals surface area contributed by atoms with Gasteiger partial charge in [0.05, 0.1) is 4.91 Å². The maximum atomic E-state index is 12.8. The molecule has 7 heteroatoms. The van der Waals surface area contributed by atoms with Gasteiger partial charge in [0.1, 0.15) is 0 Å². The number of hydrogen-bond donors (Lipinski definition) is 1. The number of carbonyl (C=O) groups excluding carboxylic acids is 1. The first-order valence-corrected chi connectivity index (χ1v) is 12.0. The molecular weight excluding hydrogens is 391 g/mol. The molecule has 0 fully saturated rings. The molecule has 5 nitrogen and oxygen atoms in total. The van der Waals surface area contributed by atoms with Crippen LogP contribution in [0.3, 0.4) is 0 Å². The van der Waals surface area contributed by atoms with Crippen LogP contribution in [0.25, 0.3) is 0 Å². The van der Waals surface area contributed by atoms with E-state index in [1.54, 1.807) is 63.4 Å². The number of allylic oxidation sites excluding steroid dienone is 8. The summed E-state index contributed by atoms with van der Waals surface area (Å²) in [4.78, 5) is 12.8. The zero-order chi connectivity index (χ0) is 21.6. The van der Waals surface area contributed by atoms with Crippen molar-refractivity contribution in [3.8, 4) is 0 Å². The first-order valence-electron chi connectivity index (χ1n) is 8.83. The molecule has 0 radical (unpaired) electrons. The van der Waals surface area contributed by atoms with Crippen LogP contribution >= 0.6 is 8.58 Å². The third-order valence-corrected chi connectivity index (χ3v) is 6.22. The normalized spacial score (nSPS) is 14.5. The van der Waals surface area contributed by atoms with E-state index >= 15 is 0 Å². The van der Waals surface area contributed by atoms with Crippen LogP contribution in [0.15, 0.2) is 84.0 Å². The molecule has 1 amide bonds. The molecule has 0 aliphatic carbocycles. The minimum Gasteiger partial charge on any atom is -0.322 e. The fourth-order valence-corrected chi connectivity index (χ4v) is 4.03. The summed E-state index contributed by atoms with van der Waals surface area (Å²) in [5.41, 5.74) is 0.744. The minimum absolute atomic E-state index is 0.0774. The lowest BCUT2D eigenvalue weighted by molar-refractivity contribution is -0.116. The minimum atomic E-state index is -3.67. The lowest BCUT2D eigenvalue weighted by Crippen LogP contribution is -2.30. The molecule has 0 saturated carbocycles. The van der Waals surface area contributed by atoms with Crippen molar-refractivity contribution >= 4 is 24.5 Å². The Labute approximate surface area is 171 Å². The smallest absolute Gasteiger partial charge is 0.255 e. The van der Waals surface area contributed by atoms with E-state index in [0.717, 1.165) is 6.16 Å². The number of amides is 1. The number of nitrogens with zero attached hydrogens (tertiary/aromatic N) is 1. The summed E-state index contributed by atoms with van der Waals surface area (Å²) in [6, 6.07) is 0. The highest BCUT2D eigenvalue weighted by Gasteiger charge is 2.22. The Kier molecular flexibility index (Phi) is 13.0. The number of rotatable bonds is 12. The Balaban J connectivity index is 5.86. The van der Waals surface area contributed by atoms with Gasteiger partial charge in [-0.2, -0.15) is 0 Å². The Morgan fingerprint density at radius 3 is 2.36 bits per heavy atom. The van der Waals surface area contributed by atoms with Crippen molar-refractivity contribution in [2.24, 2.45) is 0 Å². The predicted octanol–water partition coefficient (Wildman–Crippen LogP) is 3.89. The monoisotopic (exact) mass is 422 g/mol. The van der Waals surface area contributed by atoms with E-state index in [1.165, 1.54) is 16.5 Å². The fraction of sp³-hybridized carbons (Fsp3) is 0.286. The van der Waals surface area contributed by atoms with Crippen LogP contribution in [0.1, 0.15) is 13.8 Å². The highest BCUT2D eigenvalue weighted by Crippen LogP contribution is 2.17. The van der Waals surface area contributed by atoms with Crippen LogP contribution in [0.2, 0.25) is 0 Å². The van der Waals surface area contributed by atoms with E-state index < -0.39 is 15.9 Å². The summed E-state index contributed by atoms with van der Waals surface area (Å²) >= 11 is 0. The summed E-state index contributed by atoms with van der Waals surface area (Å²) in [7, 11) is -1.46. The predicted molar refractivity (Wildman–Crippen MR) is 123 cm³/mol. The summed E-state index contributed by atoms with van der Waals surface area (Å²) in [6.45, 7) is 13.1. The molecule has 0 aromatic rings. The molecule has 0 bridgehead atoms. The van der Waals surface area contributed by atoms with Crippen molar-refractivity contribution in [1.29, 1.82) is 0 Å². The van der Waals surface area contributed by atoms with Gasteiger partial charge >= 0.3 is 0 Å². The lowest BCUT2D eigenvalue weighted by atomic mass is 10.2. The molecule has 0 rings (SSSR count). The van der Waals surface area contributed by atoms with Crippen molar-refractivity contribution in [2.75, 3.05) is 26.4 Å². The van der Waals surface area contributed by atoms with E-state index in [1.807, 2.05) is 6.66 Å². The molecule has 1 N–H and O–H groups in total. The van der Waals surface area contributed by atoms with E-state index in [-0.39, 0.29) is 10.5 Å². The number of nitrogens with one attached hydrogen (secondary N) is 1. The van der Waals surface area contributed by atoms with Gasteiger partial charge in [-0.1, -0.05) is 49.6 Å². The Morgan fingerprint density at radius 2 is 1.86 bits per heavy atom. The molecule has 28 heavy (non-hydrogen) atoms. The largest absolute Gasteiger partial charge is 0.322 e. The van der Waals surface area contributed by atoms with Crippen LogP contribution in [0.4, 0.5) is 0 Å². The average molecular weight is 423 g/mol. The summed E-state index contributed by atoms with van der Waals surface area (Å²) in [5, 5.41) is 2.74. The Hall–Kier alpha value is -2.01. The standard InChI is InChI=1S/C21H31N2O3PS/c1-7-11-14-19(13-9-3)22-21(24)18(12-8-2)17-20(10-4)28(25,26)23(5)15-16-27-6/h7-14,17,27H,1,3,15-16H2,2,4-6H3,(H,22,24)/b12-8-,14-11-,18-17+,19-13+,20-10+. The first-order chi connectivity index (χ1) is 13.3. The van der Waals surface area contributed by atoms with E-state index in [2.05, 4.69) is 18.5 Å². The molecule has 1 atom stereocenters. The molecule has 0 aromatic heterocycles. The van der Waals surface area contributed by atoms with Crippen LogP contribution in [0, 0.1) is 0 Å². The number of carbonyl (C=O) groups is 1. The maximum absolute atomic E-state index is 12.8. The van der Waals surface area contributed by atoms with E-state index in [4.69, 9.17) is 0 Å². The maximum Gasteiger partial charge on any atom is 0.255 e. The van der Waals surface area contributed by atoms with E-state index in [0.29, 0.717) is 20.8 Å². The molecule has 0 aromatic carbocycles. The van der Waals surface area contributed by atoms with Crippen molar-refractivity contribution < 1.29 is 13.2 Å². The molecule has 0 aliphatic heterocycles. The van der Waals surface area contributed by atoms with Gasteiger partial charge in [0, 0.05) is 24.9 Å². The van der Waals surface area contributed by atoms with E-state index in [9.17, 15) is 13.2 Å². The number of sulfonamides is 1. The van der Waals surface area contributed by atoms with Gasteiger partial charge in [-0.15, -0.1) is 8.58 Å². The van der Waals surface area contributed by atoms with Crippen molar-refractivity contribution in [1.82, 2.24) is 9.62 Å². The van der Waals surface area contributed by atoms with Gasteiger partial charge in [0.25, 0.3) is 5.91 Å². The van der Waals surface area contributed by atoms with Gasteiger partial charge in [-0.05, 0) is 44.9 Å². The Bertz CT molecular complexity index is 804. The summed E-state index contributed by atoms with van der Waals surface area (Å²) in [6.07, 6.45) is 15.1. The second-order valence-electron chi connectivity index (χ2n) is 5.63. The molecule has 154 valence electrons. The van der Waals surface area contributed by atoms with Gasteiger partial charge in [-0.25, -0.2) is 12.7 Å². The molecule has 0 heterocycles. The molecular formula is C21H31N2O3PS. The topological polar surface area (TPSA) is 66.5 Å². The van der Waals surface area contributed by atoms with Gasteiger partial charge < -0.3 is 5.32 Å². The van der Waals surface area contributed by atoms with Crippen LogP contribution < -0.4 is 5.32 Å². The fourth-order valence-electron chi connectivity index (χ4n) is 2.04. The quantitative estimate of drug-likeness (QED) is 0.295. The Morgan fingerprint density at radius 1 is 1.18 bits per heavy atom. The molecule has 0 aliphatic rings. The van der Waals surface area contributed by atoms with Crippen molar-refractivity contribution in [3.63, 3.8) is 0 Å². The van der Waals surface area contributed by atoms with Crippen molar-refractivity contribution in [3.05, 3.63) is 84.0 Å². The zero-order valence-corrected chi connectivity index (χ0v) is 18.9. The summed E-state index contributed by atoms with van der Waals surface area (Å²) in [5.74, 6) is -0.424. The molecule has 0 saturated heterocycles. The van der Waals surface area contributed by atoms with Gasteiger partial charge in [-0.3, -0.25) is 4.79 Å². The highest BCUT2D eigenvalue weighted by atomic mass is 32.2. The number of hydrogen-bond acceptors (Lipinski definition) is 3. The SMILES string of the molecule is C=C/C=C\C(=C/C=C)NC(=O)C(/C=C\C)=C/C(=C\C)S(=O)(=O)N(C)CCPC. The van der Waals surface area contributed by atoms with Crippen LogP contribution in [-0.2, 0) is 14.8 Å². The second-order valence-corrected chi connectivity index (χ2v) is 8.88. The third-order valence-electron chi connectivity index (χ3n) is 3.54. The molecule has 0 spiro atoms. The van der Waals surface area contributed by atoms with Crippen LogP contribution in [0.5, 0.6) is 0 Å². The first kappa shape index (κ1) is 26.0. The van der Waals surface area contributed by atoms with Crippen LogP contribution in [-0.4, -0.2) is 45.0 Å². The lowest BCUT2D eigenvalue weighted by Gasteiger charge is -2.18. The average Bonchev–Trinajstić information content (AvgIpc) is 2.66. The zero-order valence-electron chi connectivity index (χ0n) is 17.1. The summed E-state index contributed by atoms with van der Waals surface area (Å²) < 4.78 is 26.9. The van der Waals surface area contributed by atoms with Gasteiger partial charge in [0.15, 0.2) is 0 Å². The van der Waals surface area contributed by atoms with Crippen molar-refractivity contribution in [2.45, 2.75) is 13.8 Å². The van der Waals surface area contributed by atoms with Gasteiger partial charge in [0.2, 0.25) is 10.0 Å². The second kappa shape index (κ2) is 14.1. The highest BCUT2D eigenvalue weighted by molar-refractivity contribution is 7.93. The molecule has 1 unspecified atom stereocenters.